The summed E-state index contributed by atoms with van der Waals surface area (Å²) < 4.78 is 22.8. The summed E-state index contributed by atoms with van der Waals surface area (Å²) in [6, 6.07) is -0.821. The van der Waals surface area contributed by atoms with Gasteiger partial charge in [-0.05, 0) is 12.8 Å². The topological polar surface area (TPSA) is 228 Å². The van der Waals surface area contributed by atoms with Crippen LogP contribution in [0.1, 0.15) is 245 Å². The minimum atomic E-state index is -1.78. The summed E-state index contributed by atoms with van der Waals surface area (Å²) in [7, 11) is 0. The molecule has 0 aromatic heterocycles. The fourth-order valence-electron chi connectivity index (χ4n) is 9.71. The molecule has 9 N–H and O–H groups in total. The zero-order valence-electron chi connectivity index (χ0n) is 43.1. The number of unbranched alkanes of at least 4 members (excludes halogenated alkanes) is 32. The van der Waals surface area contributed by atoms with Crippen LogP contribution < -0.4 is 5.32 Å². The smallest absolute Gasteiger partial charge is 0.220 e. The molecule has 2 heterocycles. The first kappa shape index (κ1) is 63.1. The lowest BCUT2D eigenvalue weighted by Gasteiger charge is -2.46. The number of carbonyl (C=O) groups is 1. The van der Waals surface area contributed by atoms with Crippen molar-refractivity contribution in [1.82, 2.24) is 5.32 Å². The van der Waals surface area contributed by atoms with Crippen LogP contribution in [0.15, 0.2) is 0 Å². The fourth-order valence-corrected chi connectivity index (χ4v) is 9.71. The molecule has 1 amide bonds. The van der Waals surface area contributed by atoms with Crippen LogP contribution in [-0.4, -0.2) is 140 Å². The number of hydrogen-bond donors (Lipinski definition) is 9. The molecule has 0 spiro atoms. The van der Waals surface area contributed by atoms with Gasteiger partial charge in [-0.3, -0.25) is 4.79 Å². The van der Waals surface area contributed by atoms with E-state index in [0.717, 1.165) is 51.4 Å². The highest BCUT2D eigenvalue weighted by Crippen LogP contribution is 2.30. The maximum Gasteiger partial charge on any atom is 0.220 e. The lowest BCUT2D eigenvalue weighted by Crippen LogP contribution is -2.65. The van der Waals surface area contributed by atoms with Crippen molar-refractivity contribution in [3.05, 3.63) is 0 Å². The van der Waals surface area contributed by atoms with Crippen molar-refractivity contribution < 1.29 is 64.6 Å². The molecule has 0 aromatic carbocycles. The van der Waals surface area contributed by atoms with Gasteiger partial charge in [-0.2, -0.15) is 0 Å². The second-order valence-corrected chi connectivity index (χ2v) is 20.4. The third kappa shape index (κ3) is 27.7. The van der Waals surface area contributed by atoms with Gasteiger partial charge in [-0.15, -0.1) is 0 Å². The summed E-state index contributed by atoms with van der Waals surface area (Å²) in [5.41, 5.74) is 0. The molecule has 12 atom stereocenters. The molecule has 2 aliphatic rings. The van der Waals surface area contributed by atoms with E-state index in [2.05, 4.69) is 19.2 Å². The molecule has 68 heavy (non-hydrogen) atoms. The first-order valence-electron chi connectivity index (χ1n) is 28.3. The summed E-state index contributed by atoms with van der Waals surface area (Å²) in [6.07, 6.45) is 26.8. The van der Waals surface area contributed by atoms with Crippen LogP contribution in [-0.2, 0) is 23.7 Å². The van der Waals surface area contributed by atoms with E-state index < -0.39 is 86.8 Å². The van der Waals surface area contributed by atoms with E-state index in [1.165, 1.54) is 167 Å². The number of ether oxygens (including phenoxy) is 4. The van der Waals surface area contributed by atoms with Gasteiger partial charge in [0, 0.05) is 6.42 Å². The third-order valence-corrected chi connectivity index (χ3v) is 14.3. The standard InChI is InChI=1S/C54H105NO13/c1-3-5-7-9-11-13-15-17-18-19-20-21-22-23-24-25-26-28-30-32-34-36-38-46(59)55-42(43(58)37-35-33-31-29-27-16-14-12-10-8-6-4-2)41-65-53-51(64)49(62)52(45(40-57)67-53)68-54-50(63)48(61)47(60)44(39-56)66-54/h42-45,47-54,56-58,60-64H,3-41H2,1-2H3,(H,55,59)/t42-,43+,44+,45+,47-,48?,49?,50?,51?,52+,53+,54-/m0/s1. The van der Waals surface area contributed by atoms with E-state index in [4.69, 9.17) is 18.9 Å². The van der Waals surface area contributed by atoms with Crippen molar-refractivity contribution in [1.29, 1.82) is 0 Å². The van der Waals surface area contributed by atoms with Crippen molar-refractivity contribution in [3.8, 4) is 0 Å². The van der Waals surface area contributed by atoms with Crippen LogP contribution in [0.5, 0.6) is 0 Å². The fraction of sp³-hybridized carbons (Fsp3) is 0.981. The zero-order chi connectivity index (χ0) is 49.6. The Balaban J connectivity index is 1.73. The molecule has 14 heteroatoms. The predicted molar refractivity (Wildman–Crippen MR) is 268 cm³/mol. The molecule has 2 saturated heterocycles. The van der Waals surface area contributed by atoms with Crippen LogP contribution in [0.4, 0.5) is 0 Å². The maximum atomic E-state index is 13.2. The number of hydrogen-bond acceptors (Lipinski definition) is 13. The lowest BCUT2D eigenvalue weighted by molar-refractivity contribution is -0.359. The predicted octanol–water partition coefficient (Wildman–Crippen LogP) is 8.56. The van der Waals surface area contributed by atoms with Gasteiger partial charge in [0.2, 0.25) is 5.91 Å². The summed E-state index contributed by atoms with van der Waals surface area (Å²) in [4.78, 5) is 13.2. The van der Waals surface area contributed by atoms with E-state index in [0.29, 0.717) is 12.8 Å². The van der Waals surface area contributed by atoms with E-state index in [1.54, 1.807) is 0 Å². The Kier molecular flexibility index (Phi) is 38.5. The van der Waals surface area contributed by atoms with Crippen molar-refractivity contribution in [2.24, 2.45) is 0 Å². The molecule has 404 valence electrons. The molecule has 0 bridgehead atoms. The molecule has 2 fully saturated rings. The SMILES string of the molecule is CCCCCCCCCCCCCCCCCCCCCCCCC(=O)N[C@@H](CO[C@@H]1O[C@H](CO)[C@@H](O[C@@H]2O[C@H](CO)[C@H](O)C(O)C2O)C(O)C1O)[C@H](O)CCCCCCCCCCCCCC. The van der Waals surface area contributed by atoms with Gasteiger partial charge < -0.3 is 65.1 Å². The molecular weight excluding hydrogens is 871 g/mol. The summed E-state index contributed by atoms with van der Waals surface area (Å²) >= 11 is 0. The Hall–Kier alpha value is -1.01. The van der Waals surface area contributed by atoms with Crippen LogP contribution >= 0.6 is 0 Å². The molecular formula is C54H105NO13. The zero-order valence-corrected chi connectivity index (χ0v) is 43.1. The highest BCUT2D eigenvalue weighted by atomic mass is 16.7. The highest BCUT2D eigenvalue weighted by molar-refractivity contribution is 5.76. The number of rotatable bonds is 45. The first-order valence-corrected chi connectivity index (χ1v) is 28.3. The Morgan fingerprint density at radius 2 is 0.838 bits per heavy atom. The van der Waals surface area contributed by atoms with Crippen molar-refractivity contribution in [2.75, 3.05) is 19.8 Å². The number of nitrogens with one attached hydrogen (secondary N) is 1. The van der Waals surface area contributed by atoms with Crippen LogP contribution in [0, 0.1) is 0 Å². The van der Waals surface area contributed by atoms with Crippen molar-refractivity contribution >= 4 is 5.91 Å². The number of amides is 1. The summed E-state index contributed by atoms with van der Waals surface area (Å²) in [6.45, 7) is 2.87. The molecule has 0 saturated carbocycles. The quantitative estimate of drug-likeness (QED) is 0.0261. The molecule has 14 nitrogen and oxygen atoms in total. The lowest BCUT2D eigenvalue weighted by atomic mass is 9.97. The Bertz CT molecular complexity index is 1150. The van der Waals surface area contributed by atoms with E-state index in [1.807, 2.05) is 0 Å². The molecule has 2 rings (SSSR count). The maximum absolute atomic E-state index is 13.2. The van der Waals surface area contributed by atoms with Crippen LogP contribution in [0.25, 0.3) is 0 Å². The van der Waals surface area contributed by atoms with Gasteiger partial charge in [0.25, 0.3) is 0 Å². The molecule has 0 radical (unpaired) electrons. The number of carbonyl (C=O) groups excluding carboxylic acids is 1. The average molecular weight is 976 g/mol. The summed E-state index contributed by atoms with van der Waals surface area (Å²) in [5.74, 6) is -0.202. The van der Waals surface area contributed by atoms with Gasteiger partial charge in [0.05, 0.1) is 32.0 Å². The van der Waals surface area contributed by atoms with Crippen LogP contribution in [0.3, 0.4) is 0 Å². The molecule has 4 unspecified atom stereocenters. The van der Waals surface area contributed by atoms with Gasteiger partial charge >= 0.3 is 0 Å². The van der Waals surface area contributed by atoms with E-state index >= 15 is 0 Å². The Morgan fingerprint density at radius 3 is 1.25 bits per heavy atom. The minimum absolute atomic E-state index is 0.202. The number of aliphatic hydroxyl groups is 8. The second-order valence-electron chi connectivity index (χ2n) is 20.4. The second kappa shape index (κ2) is 41.5. The first-order chi connectivity index (χ1) is 33.1. The summed E-state index contributed by atoms with van der Waals surface area (Å²) in [5, 5.41) is 87.0. The highest BCUT2D eigenvalue weighted by Gasteiger charge is 2.51. The Labute approximate surface area is 413 Å². The normalized spacial score (nSPS) is 26.3. The van der Waals surface area contributed by atoms with Crippen LogP contribution in [0.2, 0.25) is 0 Å². The van der Waals surface area contributed by atoms with E-state index in [-0.39, 0.29) is 12.5 Å². The average Bonchev–Trinajstić information content (AvgIpc) is 3.34. The van der Waals surface area contributed by atoms with Crippen molar-refractivity contribution in [3.63, 3.8) is 0 Å². The van der Waals surface area contributed by atoms with E-state index in [9.17, 15) is 45.6 Å². The molecule has 2 aliphatic heterocycles. The third-order valence-electron chi connectivity index (χ3n) is 14.3. The Morgan fingerprint density at radius 1 is 0.471 bits per heavy atom. The van der Waals surface area contributed by atoms with Gasteiger partial charge in [-0.1, -0.05) is 226 Å². The van der Waals surface area contributed by atoms with Crippen molar-refractivity contribution in [2.45, 2.75) is 319 Å². The largest absolute Gasteiger partial charge is 0.394 e. The number of aliphatic hydroxyl groups excluding tert-OH is 8. The molecule has 0 aromatic rings. The monoisotopic (exact) mass is 976 g/mol. The van der Waals surface area contributed by atoms with Gasteiger partial charge in [0.1, 0.15) is 48.8 Å². The molecule has 0 aliphatic carbocycles. The van der Waals surface area contributed by atoms with Gasteiger partial charge in [-0.25, -0.2) is 0 Å². The minimum Gasteiger partial charge on any atom is -0.394 e. The van der Waals surface area contributed by atoms with Gasteiger partial charge in [0.15, 0.2) is 12.6 Å².